The Morgan fingerprint density at radius 3 is 2.30 bits per heavy atom. The first kappa shape index (κ1) is 22.7. The van der Waals surface area contributed by atoms with E-state index in [0.29, 0.717) is 30.2 Å². The van der Waals surface area contributed by atoms with Gasteiger partial charge in [-0.1, -0.05) is 12.2 Å². The lowest BCUT2D eigenvalue weighted by Gasteiger charge is -2.23. The quantitative estimate of drug-likeness (QED) is 0.453. The fourth-order valence-electron chi connectivity index (χ4n) is 2.69. The van der Waals surface area contributed by atoms with E-state index in [1.165, 1.54) is 17.9 Å². The number of ketones is 1. The van der Waals surface area contributed by atoms with Crippen molar-refractivity contribution in [3.63, 3.8) is 0 Å². The van der Waals surface area contributed by atoms with E-state index in [1.807, 2.05) is 0 Å². The van der Waals surface area contributed by atoms with Crippen LogP contribution in [0, 0.1) is 0 Å². The van der Waals surface area contributed by atoms with Crippen LogP contribution >= 0.6 is 0 Å². The van der Waals surface area contributed by atoms with Crippen LogP contribution in [0.4, 0.5) is 0 Å². The molecule has 1 heterocycles. The van der Waals surface area contributed by atoms with E-state index in [9.17, 15) is 14.4 Å². The first-order valence-electron chi connectivity index (χ1n) is 9.49. The summed E-state index contributed by atoms with van der Waals surface area (Å²) in [6.07, 6.45) is 3.23. The third-order valence-electron chi connectivity index (χ3n) is 4.26. The fraction of sp³-hybridized carbons (Fsp3) is 0.261. The maximum atomic E-state index is 12.5. The SMILES string of the molecule is C=CCN(CC=C)C(=O)C(C)NC(=O)c1ccc(COc2ccc(C(C)=O)cc2)o1. The summed E-state index contributed by atoms with van der Waals surface area (Å²) in [5.41, 5.74) is 0.600. The molecule has 0 aliphatic heterocycles. The van der Waals surface area contributed by atoms with E-state index in [4.69, 9.17) is 9.15 Å². The number of amides is 2. The van der Waals surface area contributed by atoms with E-state index in [-0.39, 0.29) is 24.1 Å². The van der Waals surface area contributed by atoms with Gasteiger partial charge in [0.1, 0.15) is 24.2 Å². The predicted octanol–water partition coefficient (Wildman–Crippen LogP) is 3.38. The summed E-state index contributed by atoms with van der Waals surface area (Å²) in [5.74, 6) is 0.352. The number of Topliss-reactive ketones (excluding diaryl/α,β-unsaturated/α-hetero) is 1. The Labute approximate surface area is 176 Å². The lowest BCUT2D eigenvalue weighted by molar-refractivity contribution is -0.131. The van der Waals surface area contributed by atoms with Crippen molar-refractivity contribution >= 4 is 17.6 Å². The third-order valence-corrected chi connectivity index (χ3v) is 4.26. The maximum absolute atomic E-state index is 12.5. The zero-order chi connectivity index (χ0) is 22.1. The highest BCUT2D eigenvalue weighted by atomic mass is 16.5. The molecule has 0 aliphatic carbocycles. The van der Waals surface area contributed by atoms with Crippen LogP contribution in [0.25, 0.3) is 0 Å². The Morgan fingerprint density at radius 1 is 1.10 bits per heavy atom. The van der Waals surface area contributed by atoms with Crippen LogP contribution in [0.15, 0.2) is 66.1 Å². The average molecular weight is 410 g/mol. The molecule has 0 saturated carbocycles. The minimum Gasteiger partial charge on any atom is -0.486 e. The molecule has 158 valence electrons. The highest BCUT2D eigenvalue weighted by molar-refractivity contribution is 5.95. The van der Waals surface area contributed by atoms with E-state index in [2.05, 4.69) is 18.5 Å². The average Bonchev–Trinajstić information content (AvgIpc) is 3.21. The molecule has 0 fully saturated rings. The van der Waals surface area contributed by atoms with Crippen molar-refractivity contribution in [1.82, 2.24) is 10.2 Å². The molecule has 0 bridgehead atoms. The van der Waals surface area contributed by atoms with Gasteiger partial charge in [0.25, 0.3) is 5.91 Å². The number of nitrogens with zero attached hydrogens (tertiary/aromatic N) is 1. The van der Waals surface area contributed by atoms with Gasteiger partial charge in [-0.15, -0.1) is 13.2 Å². The molecule has 0 aliphatic rings. The molecular weight excluding hydrogens is 384 g/mol. The van der Waals surface area contributed by atoms with Crippen molar-refractivity contribution in [2.75, 3.05) is 13.1 Å². The summed E-state index contributed by atoms with van der Waals surface area (Å²) in [6.45, 7) is 11.2. The number of rotatable bonds is 11. The monoisotopic (exact) mass is 410 g/mol. The summed E-state index contributed by atoms with van der Waals surface area (Å²) in [7, 11) is 0. The molecular formula is C23H26N2O5. The topological polar surface area (TPSA) is 88.9 Å². The third kappa shape index (κ3) is 6.20. The Hall–Kier alpha value is -3.61. The van der Waals surface area contributed by atoms with Crippen LogP contribution in [-0.4, -0.2) is 41.6 Å². The first-order chi connectivity index (χ1) is 14.3. The number of hydrogen-bond acceptors (Lipinski definition) is 5. The van der Waals surface area contributed by atoms with Gasteiger partial charge < -0.3 is 19.4 Å². The van der Waals surface area contributed by atoms with Crippen LogP contribution in [0.1, 0.15) is 40.5 Å². The molecule has 1 atom stereocenters. The molecule has 7 heteroatoms. The number of carbonyl (C=O) groups is 3. The summed E-state index contributed by atoms with van der Waals surface area (Å²) >= 11 is 0. The van der Waals surface area contributed by atoms with Gasteiger partial charge in [-0.05, 0) is 50.2 Å². The van der Waals surface area contributed by atoms with Gasteiger partial charge in [-0.2, -0.15) is 0 Å². The van der Waals surface area contributed by atoms with Gasteiger partial charge in [-0.3, -0.25) is 14.4 Å². The molecule has 1 unspecified atom stereocenters. The van der Waals surface area contributed by atoms with Crippen molar-refractivity contribution in [3.05, 3.63) is 78.8 Å². The number of ether oxygens (including phenoxy) is 1. The lowest BCUT2D eigenvalue weighted by Crippen LogP contribution is -2.47. The van der Waals surface area contributed by atoms with Gasteiger partial charge >= 0.3 is 0 Å². The summed E-state index contributed by atoms with van der Waals surface area (Å²) in [6, 6.07) is 9.17. The van der Waals surface area contributed by atoms with Crippen LogP contribution in [0.3, 0.4) is 0 Å². The Kier molecular flexibility index (Phi) is 8.17. The molecule has 2 amide bonds. The number of nitrogens with one attached hydrogen (secondary N) is 1. The zero-order valence-corrected chi connectivity index (χ0v) is 17.2. The summed E-state index contributed by atoms with van der Waals surface area (Å²) < 4.78 is 11.1. The summed E-state index contributed by atoms with van der Waals surface area (Å²) in [5, 5.41) is 2.63. The largest absolute Gasteiger partial charge is 0.486 e. The highest BCUT2D eigenvalue weighted by Gasteiger charge is 2.22. The smallest absolute Gasteiger partial charge is 0.287 e. The Morgan fingerprint density at radius 2 is 1.73 bits per heavy atom. The van der Waals surface area contributed by atoms with Crippen molar-refractivity contribution in [2.24, 2.45) is 0 Å². The molecule has 30 heavy (non-hydrogen) atoms. The molecule has 0 radical (unpaired) electrons. The number of furan rings is 1. The maximum Gasteiger partial charge on any atom is 0.287 e. The van der Waals surface area contributed by atoms with Gasteiger partial charge in [0.05, 0.1) is 0 Å². The first-order valence-corrected chi connectivity index (χ1v) is 9.49. The van der Waals surface area contributed by atoms with Crippen LogP contribution < -0.4 is 10.1 Å². The normalized spacial score (nSPS) is 11.3. The fourth-order valence-corrected chi connectivity index (χ4v) is 2.69. The van der Waals surface area contributed by atoms with Gasteiger partial charge in [0, 0.05) is 18.7 Å². The Bertz CT molecular complexity index is 904. The zero-order valence-electron chi connectivity index (χ0n) is 17.2. The highest BCUT2D eigenvalue weighted by Crippen LogP contribution is 2.16. The molecule has 2 rings (SSSR count). The van der Waals surface area contributed by atoms with E-state index >= 15 is 0 Å². The van der Waals surface area contributed by atoms with Crippen molar-refractivity contribution < 1.29 is 23.5 Å². The minimum absolute atomic E-state index is 0.0203. The van der Waals surface area contributed by atoms with Crippen LogP contribution in [0.2, 0.25) is 0 Å². The van der Waals surface area contributed by atoms with E-state index in [0.717, 1.165) is 0 Å². The van der Waals surface area contributed by atoms with Crippen LogP contribution in [0.5, 0.6) is 5.75 Å². The molecule has 7 nitrogen and oxygen atoms in total. The molecule has 0 spiro atoms. The van der Waals surface area contributed by atoms with Crippen LogP contribution in [-0.2, 0) is 11.4 Å². The molecule has 1 aromatic carbocycles. The Balaban J connectivity index is 1.92. The number of benzene rings is 1. The molecule has 0 saturated heterocycles. The minimum atomic E-state index is -0.734. The lowest BCUT2D eigenvalue weighted by atomic mass is 10.1. The second-order valence-corrected chi connectivity index (χ2v) is 6.65. The number of hydrogen-bond donors (Lipinski definition) is 1. The molecule has 1 aromatic heterocycles. The van der Waals surface area contributed by atoms with Crippen molar-refractivity contribution in [3.8, 4) is 5.75 Å². The van der Waals surface area contributed by atoms with Crippen molar-refractivity contribution in [1.29, 1.82) is 0 Å². The second kappa shape index (κ2) is 10.8. The van der Waals surface area contributed by atoms with Gasteiger partial charge in [0.2, 0.25) is 5.91 Å². The molecule has 1 N–H and O–H groups in total. The molecule has 2 aromatic rings. The predicted molar refractivity (Wildman–Crippen MR) is 113 cm³/mol. The number of carbonyl (C=O) groups excluding carboxylic acids is 3. The van der Waals surface area contributed by atoms with E-state index in [1.54, 1.807) is 49.4 Å². The summed E-state index contributed by atoms with van der Waals surface area (Å²) in [4.78, 5) is 37.7. The van der Waals surface area contributed by atoms with Gasteiger partial charge in [-0.25, -0.2) is 0 Å². The standard InChI is InChI=1S/C23H26N2O5/c1-5-13-25(14-6-2)23(28)16(3)24-22(27)21-12-11-20(30-21)15-29-19-9-7-18(8-10-19)17(4)26/h5-12,16H,1-2,13-15H2,3-4H3,(H,24,27). The van der Waals surface area contributed by atoms with Gasteiger partial charge in [0.15, 0.2) is 11.5 Å². The second-order valence-electron chi connectivity index (χ2n) is 6.65. The van der Waals surface area contributed by atoms with Crippen molar-refractivity contribution in [2.45, 2.75) is 26.5 Å². The van der Waals surface area contributed by atoms with E-state index < -0.39 is 11.9 Å².